The SMILES string of the molecule is CCC(=O)C=CC(=O)SCCNC(=O)CCNC(=O)[C@H](O)C(C)(C)COP(=O)(O)OP(=O)(O)OC[C@H]1O[C@@H](n2cnc3c(N)ncnc32)[C@H](O)[C@@H]1OP(=O)(O)O. The van der Waals surface area contributed by atoms with Gasteiger partial charge in [-0.2, -0.15) is 4.31 Å². The molecule has 2 unspecified atom stereocenters. The monoisotopic (exact) mass is 877 g/mol. The number of aliphatic hydroxyl groups excluding tert-OH is 2. The molecule has 7 atom stereocenters. The molecule has 0 spiro atoms. The van der Waals surface area contributed by atoms with E-state index in [1.807, 2.05) is 0 Å². The van der Waals surface area contributed by atoms with Crippen LogP contribution in [0.2, 0.25) is 0 Å². The second-order valence-electron chi connectivity index (χ2n) is 12.4. The van der Waals surface area contributed by atoms with Crippen molar-refractivity contribution in [1.82, 2.24) is 30.2 Å². The van der Waals surface area contributed by atoms with Crippen LogP contribution in [0.1, 0.15) is 39.8 Å². The number of amides is 2. The Morgan fingerprint density at radius 2 is 1.73 bits per heavy atom. The molecule has 0 radical (unpaired) electrons. The van der Waals surface area contributed by atoms with Gasteiger partial charge in [0.2, 0.25) is 16.9 Å². The molecule has 1 aliphatic rings. The molecule has 56 heavy (non-hydrogen) atoms. The number of aromatic nitrogens is 4. The lowest BCUT2D eigenvalue weighted by Crippen LogP contribution is -2.46. The Bertz CT molecular complexity index is 1910. The maximum absolute atomic E-state index is 12.7. The van der Waals surface area contributed by atoms with Crippen molar-refractivity contribution < 1.29 is 85.3 Å². The lowest BCUT2D eigenvalue weighted by molar-refractivity contribution is -0.137. The first-order valence-electron chi connectivity index (χ1n) is 16.2. The second kappa shape index (κ2) is 20.1. The van der Waals surface area contributed by atoms with E-state index in [0.717, 1.165) is 35.1 Å². The summed E-state index contributed by atoms with van der Waals surface area (Å²) in [7, 11) is -16.4. The predicted molar refractivity (Wildman–Crippen MR) is 192 cm³/mol. The number of thioether (sulfide) groups is 1. The first-order chi connectivity index (χ1) is 25.9. The molecule has 10 N–H and O–H groups in total. The highest BCUT2D eigenvalue weighted by Gasteiger charge is 2.50. The highest BCUT2D eigenvalue weighted by atomic mass is 32.2. The lowest BCUT2D eigenvalue weighted by Gasteiger charge is -2.30. The third-order valence-corrected chi connectivity index (χ3v) is 11.4. The smallest absolute Gasteiger partial charge is 0.386 e. The Kier molecular flexibility index (Phi) is 17.0. The summed E-state index contributed by atoms with van der Waals surface area (Å²) in [5, 5.41) is 25.9. The van der Waals surface area contributed by atoms with E-state index < -0.39 is 84.6 Å². The number of ether oxygens (including phenoxy) is 1. The van der Waals surface area contributed by atoms with Gasteiger partial charge in [-0.3, -0.25) is 37.3 Å². The topological polar surface area (TPSA) is 381 Å². The van der Waals surface area contributed by atoms with Gasteiger partial charge in [0.05, 0.1) is 19.5 Å². The van der Waals surface area contributed by atoms with Crippen molar-refractivity contribution in [3.63, 3.8) is 0 Å². The van der Waals surface area contributed by atoms with E-state index in [1.165, 1.54) is 19.9 Å². The zero-order valence-corrected chi connectivity index (χ0v) is 33.3. The number of aliphatic hydroxyl groups is 2. The molecule has 3 heterocycles. The van der Waals surface area contributed by atoms with Gasteiger partial charge in [-0.05, 0) is 12.2 Å². The molecule has 2 aromatic rings. The van der Waals surface area contributed by atoms with Crippen LogP contribution in [0.25, 0.3) is 11.2 Å². The molecule has 2 aromatic heterocycles. The van der Waals surface area contributed by atoms with Crippen molar-refractivity contribution in [2.45, 2.75) is 64.3 Å². The van der Waals surface area contributed by atoms with Crippen LogP contribution >= 0.6 is 35.2 Å². The fraction of sp³-hybridized carbons (Fsp3) is 0.593. The van der Waals surface area contributed by atoms with Crippen molar-refractivity contribution >= 4 is 74.9 Å². The zero-order valence-electron chi connectivity index (χ0n) is 29.8. The molecule has 1 saturated heterocycles. The van der Waals surface area contributed by atoms with E-state index in [4.69, 9.17) is 19.5 Å². The minimum atomic E-state index is -5.58. The Morgan fingerprint density at radius 3 is 2.39 bits per heavy atom. The number of hydrogen-bond acceptors (Lipinski definition) is 19. The van der Waals surface area contributed by atoms with E-state index in [1.54, 1.807) is 6.92 Å². The first kappa shape index (κ1) is 47.3. The number of ketones is 1. The Balaban J connectivity index is 1.49. The number of nitrogens with zero attached hydrogens (tertiary/aromatic N) is 4. The molecular formula is C27H42N7O18P3S. The summed E-state index contributed by atoms with van der Waals surface area (Å²) in [6.07, 6.45) is -4.46. The second-order valence-corrected chi connectivity index (χ2v) is 17.7. The number of nitrogen functional groups attached to an aromatic ring is 1. The summed E-state index contributed by atoms with van der Waals surface area (Å²) in [5.74, 6) is -1.53. The minimum absolute atomic E-state index is 0.0235. The fourth-order valence-electron chi connectivity index (χ4n) is 4.61. The highest BCUT2D eigenvalue weighted by molar-refractivity contribution is 8.14. The molecule has 0 aromatic carbocycles. The zero-order chi connectivity index (χ0) is 42.1. The van der Waals surface area contributed by atoms with Gasteiger partial charge in [-0.1, -0.05) is 32.5 Å². The molecule has 3 rings (SSSR count). The molecule has 0 saturated carbocycles. The summed E-state index contributed by atoms with van der Waals surface area (Å²) < 4.78 is 62.0. The molecule has 29 heteroatoms. The first-order valence-corrected chi connectivity index (χ1v) is 21.7. The van der Waals surface area contributed by atoms with Gasteiger partial charge in [0, 0.05) is 37.1 Å². The average Bonchev–Trinajstić information content (AvgIpc) is 3.66. The molecule has 0 aliphatic carbocycles. The maximum Gasteiger partial charge on any atom is 0.481 e. The van der Waals surface area contributed by atoms with Crippen LogP contribution in [0.5, 0.6) is 0 Å². The molecule has 25 nitrogen and oxygen atoms in total. The molecule has 314 valence electrons. The van der Waals surface area contributed by atoms with E-state index in [2.05, 4.69) is 34.4 Å². The van der Waals surface area contributed by atoms with E-state index >= 15 is 0 Å². The summed E-state index contributed by atoms with van der Waals surface area (Å²) >= 11 is 0.884. The number of nitrogens with two attached hydrogens (primary N) is 1. The standard InChI is InChI=1S/C27H42N7O18P3S/c1-4-15(35)5-6-18(37)56-10-9-29-17(36)7-8-30-25(40)22(39)27(2,3)12-49-55(46,47)52-54(44,45)48-11-16-21(51-53(41,42)43)20(38)26(50-16)34-14-33-19-23(28)31-13-32-24(19)34/h5-6,13-14,16,20-22,26,38-39H,4,7-12H2,1-3H3,(H,29,36)(H,30,40)(H,44,45)(H,46,47)(H2,28,31,32)(H2,41,42,43)/t16-,20-,21-,22+,26-/m1/s1. The largest absolute Gasteiger partial charge is 0.481 e. The molecule has 1 aliphatic heterocycles. The van der Waals surface area contributed by atoms with Gasteiger partial charge >= 0.3 is 23.5 Å². The van der Waals surface area contributed by atoms with Gasteiger partial charge in [0.1, 0.15) is 36.3 Å². The van der Waals surface area contributed by atoms with Crippen LogP contribution < -0.4 is 16.4 Å². The number of imidazole rings is 1. The van der Waals surface area contributed by atoms with Crippen LogP contribution in [0.4, 0.5) is 5.82 Å². The fourth-order valence-corrected chi connectivity index (χ4v) is 8.01. The molecule has 0 bridgehead atoms. The third-order valence-electron chi connectivity index (χ3n) is 7.50. The van der Waals surface area contributed by atoms with Crippen LogP contribution in [0.15, 0.2) is 24.8 Å². The number of carbonyl (C=O) groups is 4. The van der Waals surface area contributed by atoms with E-state index in [0.29, 0.717) is 0 Å². The number of allylic oxidation sites excluding steroid dienone is 1. The minimum Gasteiger partial charge on any atom is -0.386 e. The van der Waals surface area contributed by atoms with Gasteiger partial charge in [0.25, 0.3) is 0 Å². The van der Waals surface area contributed by atoms with Crippen molar-refractivity contribution in [3.05, 3.63) is 24.8 Å². The number of carbonyl (C=O) groups excluding carboxylic acids is 4. The summed E-state index contributed by atoms with van der Waals surface area (Å²) in [4.78, 5) is 98.3. The van der Waals surface area contributed by atoms with Crippen LogP contribution in [0, 0.1) is 5.41 Å². The lowest BCUT2D eigenvalue weighted by atomic mass is 9.87. The van der Waals surface area contributed by atoms with Crippen molar-refractivity contribution in [1.29, 1.82) is 0 Å². The van der Waals surface area contributed by atoms with Crippen LogP contribution in [0.3, 0.4) is 0 Å². The van der Waals surface area contributed by atoms with Crippen LogP contribution in [-0.4, -0.2) is 128 Å². The number of phosphoric ester groups is 3. The Labute approximate surface area is 322 Å². The van der Waals surface area contributed by atoms with E-state index in [-0.39, 0.29) is 59.6 Å². The molecule has 1 fully saturated rings. The number of anilines is 1. The summed E-state index contributed by atoms with van der Waals surface area (Å²) in [6, 6.07) is 0. The van der Waals surface area contributed by atoms with Gasteiger partial charge in [-0.25, -0.2) is 28.6 Å². The molecular weight excluding hydrogens is 835 g/mol. The number of hydrogen-bond donors (Lipinski definition) is 9. The average molecular weight is 878 g/mol. The predicted octanol–water partition coefficient (Wildman–Crippen LogP) is -0.800. The van der Waals surface area contributed by atoms with Gasteiger partial charge in [-0.15, -0.1) is 0 Å². The summed E-state index contributed by atoms with van der Waals surface area (Å²) in [5.41, 5.74) is 4.22. The normalized spacial score (nSPS) is 21.7. The highest BCUT2D eigenvalue weighted by Crippen LogP contribution is 2.61. The van der Waals surface area contributed by atoms with Gasteiger partial charge < -0.3 is 50.9 Å². The third kappa shape index (κ3) is 14.4. The summed E-state index contributed by atoms with van der Waals surface area (Å²) in [6.45, 7) is 1.95. The van der Waals surface area contributed by atoms with Crippen molar-refractivity contribution in [2.24, 2.45) is 5.41 Å². The maximum atomic E-state index is 12.7. The number of fused-ring (bicyclic) bond motifs is 1. The van der Waals surface area contributed by atoms with Crippen molar-refractivity contribution in [3.8, 4) is 0 Å². The number of nitrogens with one attached hydrogen (secondary N) is 2. The van der Waals surface area contributed by atoms with E-state index in [9.17, 15) is 62.7 Å². The number of rotatable bonds is 22. The van der Waals surface area contributed by atoms with Crippen molar-refractivity contribution in [2.75, 3.05) is 37.8 Å². The van der Waals surface area contributed by atoms with Gasteiger partial charge in [0.15, 0.2) is 23.5 Å². The molecule has 2 amide bonds. The quantitative estimate of drug-likeness (QED) is 0.0397. The number of phosphoric acid groups is 3. The Hall–Kier alpha value is -3.03. The van der Waals surface area contributed by atoms with Crippen LogP contribution in [-0.2, 0) is 55.5 Å². The Morgan fingerprint density at radius 1 is 1.05 bits per heavy atom.